The van der Waals surface area contributed by atoms with Crippen molar-refractivity contribution in [2.75, 3.05) is 13.7 Å². The van der Waals surface area contributed by atoms with Crippen molar-refractivity contribution in [3.05, 3.63) is 77.9 Å². The van der Waals surface area contributed by atoms with E-state index < -0.39 is 17.8 Å². The largest absolute Gasteiger partial charge is 0.490 e. The number of ether oxygens (including phenoxy) is 2. The monoisotopic (exact) mass is 354 g/mol. The highest BCUT2D eigenvalue weighted by molar-refractivity contribution is 5.99. The van der Waals surface area contributed by atoms with Crippen molar-refractivity contribution in [3.63, 3.8) is 0 Å². The van der Waals surface area contributed by atoms with Gasteiger partial charge in [0.1, 0.15) is 12.4 Å². The van der Waals surface area contributed by atoms with Gasteiger partial charge in [-0.05, 0) is 48.5 Å². The molecule has 0 unspecified atom stereocenters. The second kappa shape index (κ2) is 9.03. The van der Waals surface area contributed by atoms with Crippen molar-refractivity contribution < 1.29 is 23.9 Å². The van der Waals surface area contributed by atoms with Crippen LogP contribution in [0, 0.1) is 0 Å². The topological polar surface area (TPSA) is 93.7 Å². The van der Waals surface area contributed by atoms with Gasteiger partial charge in [0.05, 0.1) is 12.7 Å². The zero-order valence-corrected chi connectivity index (χ0v) is 14.2. The number of carbonyl (C=O) groups excluding carboxylic acids is 3. The Morgan fingerprint density at radius 2 is 1.35 bits per heavy atom. The summed E-state index contributed by atoms with van der Waals surface area (Å²) in [6.45, 7) is 3.92. The second-order valence-electron chi connectivity index (χ2n) is 5.10. The second-order valence-corrected chi connectivity index (χ2v) is 5.10. The molecule has 134 valence electrons. The third kappa shape index (κ3) is 4.94. The summed E-state index contributed by atoms with van der Waals surface area (Å²) < 4.78 is 9.91. The molecule has 0 saturated carbocycles. The third-order valence-electron chi connectivity index (χ3n) is 3.34. The molecule has 0 aliphatic carbocycles. The van der Waals surface area contributed by atoms with E-state index in [2.05, 4.69) is 22.2 Å². The Hall–Kier alpha value is -3.61. The molecule has 0 aliphatic heterocycles. The summed E-state index contributed by atoms with van der Waals surface area (Å²) in [5, 5.41) is 0. The van der Waals surface area contributed by atoms with E-state index >= 15 is 0 Å². The average molecular weight is 354 g/mol. The molecule has 2 aromatic rings. The summed E-state index contributed by atoms with van der Waals surface area (Å²) in [6.07, 6.45) is 1.62. The van der Waals surface area contributed by atoms with E-state index in [9.17, 15) is 14.4 Å². The first-order valence-electron chi connectivity index (χ1n) is 7.68. The predicted octanol–water partition coefficient (Wildman–Crippen LogP) is 2.11. The lowest BCUT2D eigenvalue weighted by molar-refractivity contribution is 0.0600. The van der Waals surface area contributed by atoms with Gasteiger partial charge in [-0.1, -0.05) is 12.7 Å². The van der Waals surface area contributed by atoms with Gasteiger partial charge in [0.2, 0.25) is 0 Å². The molecule has 0 saturated heterocycles. The van der Waals surface area contributed by atoms with Crippen molar-refractivity contribution in [1.82, 2.24) is 10.9 Å². The van der Waals surface area contributed by atoms with Crippen LogP contribution in [0.25, 0.3) is 0 Å². The molecule has 0 heterocycles. The molecule has 2 amide bonds. The van der Waals surface area contributed by atoms with Crippen molar-refractivity contribution in [2.45, 2.75) is 0 Å². The molecule has 26 heavy (non-hydrogen) atoms. The van der Waals surface area contributed by atoms with Crippen LogP contribution >= 0.6 is 0 Å². The molecule has 7 heteroatoms. The standard InChI is InChI=1S/C19H18N2O5/c1-3-12-26-16-10-8-14(9-11-16)18(23)21-20-17(22)13-4-6-15(7-5-13)19(24)25-2/h3-11H,1,12H2,2H3,(H,20,22)(H,21,23). The number of hydrazine groups is 1. The van der Waals surface area contributed by atoms with E-state index in [0.717, 1.165) is 0 Å². The minimum atomic E-state index is -0.513. The maximum absolute atomic E-state index is 12.0. The van der Waals surface area contributed by atoms with Crippen molar-refractivity contribution >= 4 is 17.8 Å². The van der Waals surface area contributed by atoms with Gasteiger partial charge < -0.3 is 9.47 Å². The van der Waals surface area contributed by atoms with Crippen LogP contribution in [-0.4, -0.2) is 31.5 Å². The predicted molar refractivity (Wildman–Crippen MR) is 94.8 cm³/mol. The summed E-state index contributed by atoms with van der Waals surface area (Å²) in [5.74, 6) is -0.873. The number of amides is 2. The fraction of sp³-hybridized carbons (Fsp3) is 0.105. The van der Waals surface area contributed by atoms with Crippen molar-refractivity contribution in [3.8, 4) is 5.75 Å². The maximum Gasteiger partial charge on any atom is 0.337 e. The fourth-order valence-electron chi connectivity index (χ4n) is 1.99. The molecular formula is C19H18N2O5. The Kier molecular flexibility index (Phi) is 6.50. The van der Waals surface area contributed by atoms with Crippen LogP contribution in [0.3, 0.4) is 0 Å². The highest BCUT2D eigenvalue weighted by atomic mass is 16.5. The Balaban J connectivity index is 1.90. The van der Waals surface area contributed by atoms with Crippen molar-refractivity contribution in [1.29, 1.82) is 0 Å². The number of carbonyl (C=O) groups is 3. The van der Waals surface area contributed by atoms with Gasteiger partial charge >= 0.3 is 5.97 Å². The Labute approximate surface area is 150 Å². The molecule has 0 fully saturated rings. The summed E-state index contributed by atoms with van der Waals surface area (Å²) in [7, 11) is 1.27. The number of nitrogens with one attached hydrogen (secondary N) is 2. The SMILES string of the molecule is C=CCOc1ccc(C(=O)NNC(=O)c2ccc(C(=O)OC)cc2)cc1. The number of benzene rings is 2. The van der Waals surface area contributed by atoms with E-state index in [1.165, 1.54) is 31.4 Å². The first kappa shape index (κ1) is 18.7. The van der Waals surface area contributed by atoms with Gasteiger partial charge in [0.15, 0.2) is 0 Å². The Morgan fingerprint density at radius 3 is 1.81 bits per heavy atom. The average Bonchev–Trinajstić information content (AvgIpc) is 2.70. The van der Waals surface area contributed by atoms with Crippen LogP contribution in [0.1, 0.15) is 31.1 Å². The highest BCUT2D eigenvalue weighted by Gasteiger charge is 2.11. The van der Waals surface area contributed by atoms with E-state index in [1.807, 2.05) is 0 Å². The number of hydrogen-bond acceptors (Lipinski definition) is 5. The summed E-state index contributed by atoms with van der Waals surface area (Å²) in [4.78, 5) is 35.4. The molecule has 2 aromatic carbocycles. The summed E-state index contributed by atoms with van der Waals surface area (Å²) in [5.41, 5.74) is 5.60. The van der Waals surface area contributed by atoms with Crippen LogP contribution in [0.2, 0.25) is 0 Å². The first-order valence-corrected chi connectivity index (χ1v) is 7.68. The van der Waals surface area contributed by atoms with Gasteiger partial charge in [-0.15, -0.1) is 0 Å². The molecule has 2 N–H and O–H groups in total. The lowest BCUT2D eigenvalue weighted by Gasteiger charge is -2.09. The molecule has 2 rings (SSSR count). The van der Waals surface area contributed by atoms with Gasteiger partial charge in [-0.2, -0.15) is 0 Å². The third-order valence-corrected chi connectivity index (χ3v) is 3.34. The van der Waals surface area contributed by atoms with E-state index in [4.69, 9.17) is 4.74 Å². The molecule has 0 radical (unpaired) electrons. The minimum absolute atomic E-state index is 0.283. The Morgan fingerprint density at radius 1 is 0.885 bits per heavy atom. The van der Waals surface area contributed by atoms with Crippen LogP contribution in [0.4, 0.5) is 0 Å². The zero-order chi connectivity index (χ0) is 18.9. The van der Waals surface area contributed by atoms with Crippen LogP contribution in [0.5, 0.6) is 5.75 Å². The van der Waals surface area contributed by atoms with E-state index in [-0.39, 0.29) is 5.56 Å². The van der Waals surface area contributed by atoms with E-state index in [0.29, 0.717) is 23.5 Å². The van der Waals surface area contributed by atoms with Crippen LogP contribution < -0.4 is 15.6 Å². The van der Waals surface area contributed by atoms with Gasteiger partial charge in [0, 0.05) is 11.1 Å². The molecule has 7 nitrogen and oxygen atoms in total. The van der Waals surface area contributed by atoms with Crippen LogP contribution in [-0.2, 0) is 4.74 Å². The number of methoxy groups -OCH3 is 1. The summed E-state index contributed by atoms with van der Waals surface area (Å²) in [6, 6.07) is 12.3. The maximum atomic E-state index is 12.0. The number of hydrogen-bond donors (Lipinski definition) is 2. The smallest absolute Gasteiger partial charge is 0.337 e. The molecule has 0 atom stereocenters. The molecular weight excluding hydrogens is 336 g/mol. The van der Waals surface area contributed by atoms with Gasteiger partial charge in [-0.3, -0.25) is 20.4 Å². The number of rotatable bonds is 6. The minimum Gasteiger partial charge on any atom is -0.490 e. The molecule has 0 aromatic heterocycles. The first-order chi connectivity index (χ1) is 12.5. The lowest BCUT2D eigenvalue weighted by atomic mass is 10.1. The van der Waals surface area contributed by atoms with Gasteiger partial charge in [0.25, 0.3) is 11.8 Å². The quantitative estimate of drug-likeness (QED) is 0.471. The molecule has 0 aliphatic rings. The van der Waals surface area contributed by atoms with Crippen molar-refractivity contribution in [2.24, 2.45) is 0 Å². The normalized spacial score (nSPS) is 9.73. The highest BCUT2D eigenvalue weighted by Crippen LogP contribution is 2.12. The lowest BCUT2D eigenvalue weighted by Crippen LogP contribution is -2.41. The number of esters is 1. The van der Waals surface area contributed by atoms with E-state index in [1.54, 1.807) is 30.3 Å². The molecule has 0 bridgehead atoms. The zero-order valence-electron chi connectivity index (χ0n) is 14.2. The summed E-state index contributed by atoms with van der Waals surface area (Å²) >= 11 is 0. The fourth-order valence-corrected chi connectivity index (χ4v) is 1.99. The van der Waals surface area contributed by atoms with Crippen LogP contribution in [0.15, 0.2) is 61.2 Å². The Bertz CT molecular complexity index is 798. The molecule has 0 spiro atoms. The van der Waals surface area contributed by atoms with Gasteiger partial charge in [-0.25, -0.2) is 4.79 Å².